The summed E-state index contributed by atoms with van der Waals surface area (Å²) in [4.78, 5) is 24.6. The quantitative estimate of drug-likeness (QED) is 0.850. The molecule has 1 aromatic rings. The highest BCUT2D eigenvalue weighted by molar-refractivity contribution is 5.92. The highest BCUT2D eigenvalue weighted by atomic mass is 16.5. The van der Waals surface area contributed by atoms with Gasteiger partial charge in [0.25, 0.3) is 0 Å². The summed E-state index contributed by atoms with van der Waals surface area (Å²) in [5.41, 5.74) is 1.86. The third kappa shape index (κ3) is 5.17. The monoisotopic (exact) mass is 292 g/mol. The van der Waals surface area contributed by atoms with Gasteiger partial charge in [0.05, 0.1) is 25.7 Å². The lowest BCUT2D eigenvalue weighted by molar-refractivity contribution is -0.142. The molecule has 21 heavy (non-hydrogen) atoms. The molecule has 1 fully saturated rings. The van der Waals surface area contributed by atoms with Crippen molar-refractivity contribution in [3.05, 3.63) is 29.8 Å². The Bertz CT molecular complexity index is 518. The van der Waals surface area contributed by atoms with Gasteiger partial charge in [-0.3, -0.25) is 14.5 Å². The molecule has 0 bridgehead atoms. The van der Waals surface area contributed by atoms with E-state index < -0.39 is 5.97 Å². The number of carboxylic acids is 1. The number of nitrogens with one attached hydrogen (secondary N) is 1. The van der Waals surface area contributed by atoms with Gasteiger partial charge in [0, 0.05) is 18.8 Å². The van der Waals surface area contributed by atoms with E-state index in [4.69, 9.17) is 9.84 Å². The highest BCUT2D eigenvalue weighted by Crippen LogP contribution is 2.11. The molecule has 2 rings (SSSR count). The molecular weight excluding hydrogens is 272 g/mol. The Morgan fingerprint density at radius 2 is 2.29 bits per heavy atom. The van der Waals surface area contributed by atoms with Crippen molar-refractivity contribution in [2.45, 2.75) is 19.4 Å². The number of carbonyl (C=O) groups is 2. The number of amides is 1. The van der Waals surface area contributed by atoms with Crippen LogP contribution in [0.3, 0.4) is 0 Å². The standard InChI is InChI=1S/C15H20N2O4/c1-11-3-2-4-12(7-11)16-14(18)10-17-5-6-21-13(9-17)8-15(19)20/h2-4,7,13H,5-6,8-10H2,1H3,(H,16,18)(H,19,20). The number of morpholine rings is 1. The van der Waals surface area contributed by atoms with Crippen LogP contribution in [-0.4, -0.2) is 54.2 Å². The number of carboxylic acid groups (broad SMARTS) is 1. The second-order valence-corrected chi connectivity index (χ2v) is 5.24. The van der Waals surface area contributed by atoms with Gasteiger partial charge in [0.1, 0.15) is 0 Å². The molecule has 0 spiro atoms. The van der Waals surface area contributed by atoms with Crippen molar-refractivity contribution in [1.29, 1.82) is 0 Å². The van der Waals surface area contributed by atoms with E-state index in [1.807, 2.05) is 36.1 Å². The predicted molar refractivity (Wildman–Crippen MR) is 78.2 cm³/mol. The van der Waals surface area contributed by atoms with Crippen molar-refractivity contribution in [3.8, 4) is 0 Å². The van der Waals surface area contributed by atoms with Crippen molar-refractivity contribution < 1.29 is 19.4 Å². The van der Waals surface area contributed by atoms with E-state index in [-0.39, 0.29) is 25.0 Å². The lowest BCUT2D eigenvalue weighted by Gasteiger charge is -2.31. The zero-order chi connectivity index (χ0) is 15.2. The lowest BCUT2D eigenvalue weighted by Crippen LogP contribution is -2.46. The summed E-state index contributed by atoms with van der Waals surface area (Å²) >= 11 is 0. The van der Waals surface area contributed by atoms with Crippen LogP contribution in [0.4, 0.5) is 5.69 Å². The van der Waals surface area contributed by atoms with E-state index >= 15 is 0 Å². The Balaban J connectivity index is 1.83. The number of aryl methyl sites for hydroxylation is 1. The van der Waals surface area contributed by atoms with Gasteiger partial charge in [-0.1, -0.05) is 12.1 Å². The zero-order valence-corrected chi connectivity index (χ0v) is 12.0. The maximum atomic E-state index is 12.0. The summed E-state index contributed by atoms with van der Waals surface area (Å²) in [6.07, 6.45) is -0.376. The summed E-state index contributed by atoms with van der Waals surface area (Å²) in [6.45, 7) is 3.77. The molecule has 1 aliphatic rings. The minimum Gasteiger partial charge on any atom is -0.481 e. The summed E-state index contributed by atoms with van der Waals surface area (Å²) in [7, 11) is 0. The first kappa shape index (κ1) is 15.5. The van der Waals surface area contributed by atoms with Crippen molar-refractivity contribution in [1.82, 2.24) is 4.90 Å². The summed E-state index contributed by atoms with van der Waals surface area (Å²) in [5.74, 6) is -0.984. The lowest BCUT2D eigenvalue weighted by atomic mass is 10.2. The van der Waals surface area contributed by atoms with Crippen LogP contribution >= 0.6 is 0 Å². The molecule has 2 N–H and O–H groups in total. The van der Waals surface area contributed by atoms with Crippen LogP contribution in [0.25, 0.3) is 0 Å². The van der Waals surface area contributed by atoms with Crippen LogP contribution in [0.1, 0.15) is 12.0 Å². The Labute approximate surface area is 123 Å². The summed E-state index contributed by atoms with van der Waals surface area (Å²) in [6, 6.07) is 7.61. The van der Waals surface area contributed by atoms with Gasteiger partial charge in [-0.2, -0.15) is 0 Å². The van der Waals surface area contributed by atoms with Gasteiger partial charge < -0.3 is 15.2 Å². The molecule has 1 aromatic carbocycles. The number of ether oxygens (including phenoxy) is 1. The molecule has 0 aliphatic carbocycles. The molecule has 0 radical (unpaired) electrons. The average Bonchev–Trinajstić information content (AvgIpc) is 2.37. The molecule has 1 saturated heterocycles. The van der Waals surface area contributed by atoms with E-state index in [0.717, 1.165) is 11.3 Å². The summed E-state index contributed by atoms with van der Waals surface area (Å²) in [5, 5.41) is 11.6. The molecule has 1 heterocycles. The minimum absolute atomic E-state index is 0.0317. The molecule has 0 saturated carbocycles. The van der Waals surface area contributed by atoms with Crippen LogP contribution in [0.15, 0.2) is 24.3 Å². The van der Waals surface area contributed by atoms with E-state index in [1.54, 1.807) is 0 Å². The Hall–Kier alpha value is -1.92. The minimum atomic E-state index is -0.883. The van der Waals surface area contributed by atoms with E-state index in [1.165, 1.54) is 0 Å². The van der Waals surface area contributed by atoms with Gasteiger partial charge in [0.2, 0.25) is 5.91 Å². The van der Waals surface area contributed by atoms with Gasteiger partial charge in [-0.15, -0.1) is 0 Å². The number of rotatable bonds is 5. The number of aliphatic carboxylic acids is 1. The Morgan fingerprint density at radius 1 is 1.48 bits per heavy atom. The van der Waals surface area contributed by atoms with Gasteiger partial charge in [0.15, 0.2) is 0 Å². The first-order chi connectivity index (χ1) is 10.0. The maximum absolute atomic E-state index is 12.0. The van der Waals surface area contributed by atoms with Gasteiger partial charge >= 0.3 is 5.97 Å². The smallest absolute Gasteiger partial charge is 0.306 e. The molecule has 1 aliphatic heterocycles. The SMILES string of the molecule is Cc1cccc(NC(=O)CN2CCOC(CC(=O)O)C2)c1. The van der Waals surface area contributed by atoms with Crippen LogP contribution in [0, 0.1) is 6.92 Å². The predicted octanol–water partition coefficient (Wildman–Crippen LogP) is 1.11. The maximum Gasteiger partial charge on any atom is 0.306 e. The first-order valence-corrected chi connectivity index (χ1v) is 6.95. The van der Waals surface area contributed by atoms with Crippen molar-refractivity contribution >= 4 is 17.6 Å². The molecule has 1 atom stereocenters. The van der Waals surface area contributed by atoms with Crippen LogP contribution < -0.4 is 5.32 Å². The van der Waals surface area contributed by atoms with E-state index in [2.05, 4.69) is 5.32 Å². The number of benzene rings is 1. The van der Waals surface area contributed by atoms with Crippen molar-refractivity contribution in [3.63, 3.8) is 0 Å². The number of hydrogen-bond acceptors (Lipinski definition) is 4. The molecular formula is C15H20N2O4. The molecule has 6 nitrogen and oxygen atoms in total. The molecule has 6 heteroatoms. The third-order valence-corrected chi connectivity index (χ3v) is 3.29. The molecule has 1 unspecified atom stereocenters. The summed E-state index contributed by atoms with van der Waals surface area (Å²) < 4.78 is 5.38. The van der Waals surface area contributed by atoms with Crippen LogP contribution in [0.5, 0.6) is 0 Å². The Morgan fingerprint density at radius 3 is 3.00 bits per heavy atom. The number of anilines is 1. The molecule has 114 valence electrons. The number of carbonyl (C=O) groups excluding carboxylic acids is 1. The number of hydrogen-bond donors (Lipinski definition) is 2. The van der Waals surface area contributed by atoms with Gasteiger partial charge in [-0.25, -0.2) is 0 Å². The highest BCUT2D eigenvalue weighted by Gasteiger charge is 2.24. The average molecular weight is 292 g/mol. The normalized spacial score (nSPS) is 19.2. The fourth-order valence-electron chi connectivity index (χ4n) is 2.37. The number of nitrogens with zero attached hydrogens (tertiary/aromatic N) is 1. The second-order valence-electron chi connectivity index (χ2n) is 5.24. The first-order valence-electron chi connectivity index (χ1n) is 6.95. The fourth-order valence-corrected chi connectivity index (χ4v) is 2.37. The second kappa shape index (κ2) is 7.19. The third-order valence-electron chi connectivity index (χ3n) is 3.29. The molecule has 1 amide bonds. The largest absolute Gasteiger partial charge is 0.481 e. The zero-order valence-electron chi connectivity index (χ0n) is 12.0. The van der Waals surface area contributed by atoms with Crippen LogP contribution in [-0.2, 0) is 14.3 Å². The van der Waals surface area contributed by atoms with Crippen LogP contribution in [0.2, 0.25) is 0 Å². The Kier molecular flexibility index (Phi) is 5.30. The van der Waals surface area contributed by atoms with Gasteiger partial charge in [-0.05, 0) is 24.6 Å². The van der Waals surface area contributed by atoms with Crippen molar-refractivity contribution in [2.75, 3.05) is 31.6 Å². The van der Waals surface area contributed by atoms with Crippen molar-refractivity contribution in [2.24, 2.45) is 0 Å². The van der Waals surface area contributed by atoms with E-state index in [0.29, 0.717) is 19.7 Å². The fraction of sp³-hybridized carbons (Fsp3) is 0.467. The van der Waals surface area contributed by atoms with E-state index in [9.17, 15) is 9.59 Å². The molecule has 0 aromatic heterocycles. The topological polar surface area (TPSA) is 78.9 Å².